The first-order chi connectivity index (χ1) is 15.5. The van der Waals surface area contributed by atoms with E-state index in [1.165, 1.54) is 11.1 Å². The van der Waals surface area contributed by atoms with E-state index in [0.29, 0.717) is 18.9 Å². The molecule has 1 aromatic carbocycles. The lowest BCUT2D eigenvalue weighted by atomic mass is 9.91. The number of para-hydroxylation sites is 1. The van der Waals surface area contributed by atoms with Crippen LogP contribution in [0.4, 0.5) is 0 Å². The molecule has 1 amide bonds. The minimum atomic E-state index is 0.215. The first-order valence-corrected chi connectivity index (χ1v) is 11.4. The van der Waals surface area contributed by atoms with Crippen molar-refractivity contribution >= 4 is 5.91 Å². The molecule has 1 aliphatic rings. The van der Waals surface area contributed by atoms with Crippen LogP contribution in [-0.2, 0) is 17.8 Å². The number of pyridine rings is 1. The molecule has 6 nitrogen and oxygen atoms in total. The summed E-state index contributed by atoms with van der Waals surface area (Å²) in [5, 5.41) is 4.27. The number of hydrogen-bond donors (Lipinski definition) is 0. The third kappa shape index (κ3) is 5.18. The third-order valence-corrected chi connectivity index (χ3v) is 6.35. The van der Waals surface area contributed by atoms with Gasteiger partial charge in [0.2, 0.25) is 5.91 Å². The highest BCUT2D eigenvalue weighted by Gasteiger charge is 2.25. The average Bonchev–Trinajstić information content (AvgIpc) is 3.22. The van der Waals surface area contributed by atoms with Crippen LogP contribution in [0.1, 0.15) is 53.4 Å². The molecule has 0 spiro atoms. The Kier molecular flexibility index (Phi) is 6.88. The normalized spacial score (nSPS) is 14.5. The molecule has 1 saturated heterocycles. The zero-order chi connectivity index (χ0) is 22.5. The van der Waals surface area contributed by atoms with E-state index in [1.807, 2.05) is 40.8 Å². The van der Waals surface area contributed by atoms with Gasteiger partial charge in [0, 0.05) is 61.7 Å². The van der Waals surface area contributed by atoms with Gasteiger partial charge in [0.25, 0.3) is 0 Å². The van der Waals surface area contributed by atoms with Gasteiger partial charge in [0.1, 0.15) is 5.75 Å². The van der Waals surface area contributed by atoms with Crippen LogP contribution >= 0.6 is 0 Å². The SMILES string of the molecule is COc1ccccc1Cc1cc(C)nc(C2CCN(C(=O)CCn3nccc3C)CC2)c1. The summed E-state index contributed by atoms with van der Waals surface area (Å²) in [4.78, 5) is 19.5. The summed E-state index contributed by atoms with van der Waals surface area (Å²) in [7, 11) is 1.72. The molecule has 0 atom stereocenters. The molecule has 168 valence electrons. The summed E-state index contributed by atoms with van der Waals surface area (Å²) >= 11 is 0. The second-order valence-corrected chi connectivity index (χ2v) is 8.63. The largest absolute Gasteiger partial charge is 0.496 e. The van der Waals surface area contributed by atoms with E-state index in [0.717, 1.165) is 55.2 Å². The quantitative estimate of drug-likeness (QED) is 0.559. The molecule has 1 fully saturated rings. The summed E-state index contributed by atoms with van der Waals surface area (Å²) in [5.74, 6) is 1.52. The molecule has 0 bridgehead atoms. The van der Waals surface area contributed by atoms with Crippen LogP contribution in [-0.4, -0.2) is 45.8 Å². The fourth-order valence-corrected chi connectivity index (χ4v) is 4.57. The monoisotopic (exact) mass is 432 g/mol. The van der Waals surface area contributed by atoms with Crippen LogP contribution in [0.15, 0.2) is 48.7 Å². The van der Waals surface area contributed by atoms with Gasteiger partial charge in [-0.05, 0) is 62.1 Å². The Labute approximate surface area is 190 Å². The smallest absolute Gasteiger partial charge is 0.224 e. The van der Waals surface area contributed by atoms with E-state index >= 15 is 0 Å². The van der Waals surface area contributed by atoms with Crippen molar-refractivity contribution in [2.45, 2.75) is 52.0 Å². The van der Waals surface area contributed by atoms with Gasteiger partial charge in [-0.25, -0.2) is 0 Å². The zero-order valence-electron chi connectivity index (χ0n) is 19.3. The molecule has 1 aliphatic heterocycles. The van der Waals surface area contributed by atoms with Gasteiger partial charge in [0.15, 0.2) is 0 Å². The van der Waals surface area contributed by atoms with Gasteiger partial charge in [0.05, 0.1) is 7.11 Å². The number of methoxy groups -OCH3 is 1. The highest BCUT2D eigenvalue weighted by molar-refractivity contribution is 5.76. The molecule has 6 heteroatoms. The molecule has 0 N–H and O–H groups in total. The number of nitrogens with zero attached hydrogens (tertiary/aromatic N) is 4. The molecule has 32 heavy (non-hydrogen) atoms. The second kappa shape index (κ2) is 9.98. The van der Waals surface area contributed by atoms with Crippen molar-refractivity contribution in [3.63, 3.8) is 0 Å². The van der Waals surface area contributed by atoms with E-state index in [-0.39, 0.29) is 5.91 Å². The minimum Gasteiger partial charge on any atom is -0.496 e. The van der Waals surface area contributed by atoms with Gasteiger partial charge in [-0.1, -0.05) is 18.2 Å². The van der Waals surface area contributed by atoms with Gasteiger partial charge < -0.3 is 9.64 Å². The van der Waals surface area contributed by atoms with Gasteiger partial charge >= 0.3 is 0 Å². The lowest BCUT2D eigenvalue weighted by molar-refractivity contribution is -0.132. The summed E-state index contributed by atoms with van der Waals surface area (Å²) in [6.07, 6.45) is 5.01. The lowest BCUT2D eigenvalue weighted by Gasteiger charge is -2.32. The molecule has 0 saturated carbocycles. The van der Waals surface area contributed by atoms with Gasteiger partial charge in [-0.15, -0.1) is 0 Å². The van der Waals surface area contributed by atoms with Crippen molar-refractivity contribution in [3.05, 3.63) is 76.9 Å². The zero-order valence-corrected chi connectivity index (χ0v) is 19.3. The van der Waals surface area contributed by atoms with Crippen LogP contribution in [0.2, 0.25) is 0 Å². The van der Waals surface area contributed by atoms with Gasteiger partial charge in [-0.2, -0.15) is 5.10 Å². The number of benzene rings is 1. The molecule has 3 heterocycles. The van der Waals surface area contributed by atoms with Crippen molar-refractivity contribution in [3.8, 4) is 5.75 Å². The van der Waals surface area contributed by atoms with E-state index in [2.05, 4.69) is 30.2 Å². The number of ether oxygens (including phenoxy) is 1. The number of hydrogen-bond acceptors (Lipinski definition) is 4. The predicted octanol–water partition coefficient (Wildman–Crippen LogP) is 4.29. The molecule has 2 aromatic heterocycles. The summed E-state index contributed by atoms with van der Waals surface area (Å²) in [6, 6.07) is 14.5. The Balaban J connectivity index is 1.37. The van der Waals surface area contributed by atoms with Crippen LogP contribution in [0.3, 0.4) is 0 Å². The van der Waals surface area contributed by atoms with Crippen LogP contribution < -0.4 is 4.74 Å². The third-order valence-electron chi connectivity index (χ3n) is 6.35. The molecule has 4 rings (SSSR count). The number of aryl methyl sites for hydroxylation is 3. The predicted molar refractivity (Wildman–Crippen MR) is 125 cm³/mol. The van der Waals surface area contributed by atoms with Crippen molar-refractivity contribution in [1.82, 2.24) is 19.7 Å². The van der Waals surface area contributed by atoms with Crippen LogP contribution in [0.25, 0.3) is 0 Å². The van der Waals surface area contributed by atoms with Crippen molar-refractivity contribution in [2.24, 2.45) is 0 Å². The molecule has 0 unspecified atom stereocenters. The Morgan fingerprint density at radius 1 is 1.12 bits per heavy atom. The number of carbonyl (C=O) groups is 1. The number of aromatic nitrogens is 3. The molecular formula is C26H32N4O2. The number of piperidine rings is 1. The lowest BCUT2D eigenvalue weighted by Crippen LogP contribution is -2.38. The number of likely N-dealkylation sites (tertiary alicyclic amines) is 1. The van der Waals surface area contributed by atoms with Crippen molar-refractivity contribution in [2.75, 3.05) is 20.2 Å². The summed E-state index contributed by atoms with van der Waals surface area (Å²) < 4.78 is 7.41. The number of carbonyl (C=O) groups excluding carboxylic acids is 1. The van der Waals surface area contributed by atoms with E-state index < -0.39 is 0 Å². The highest BCUT2D eigenvalue weighted by Crippen LogP contribution is 2.29. The minimum absolute atomic E-state index is 0.215. The Hall–Kier alpha value is -3.15. The van der Waals surface area contributed by atoms with E-state index in [9.17, 15) is 4.79 Å². The maximum Gasteiger partial charge on any atom is 0.224 e. The fraction of sp³-hybridized carbons (Fsp3) is 0.423. The highest BCUT2D eigenvalue weighted by atomic mass is 16.5. The van der Waals surface area contributed by atoms with Crippen LogP contribution in [0.5, 0.6) is 5.75 Å². The van der Waals surface area contributed by atoms with Crippen LogP contribution in [0, 0.1) is 13.8 Å². The number of amides is 1. The van der Waals surface area contributed by atoms with Crippen molar-refractivity contribution < 1.29 is 9.53 Å². The van der Waals surface area contributed by atoms with E-state index in [1.54, 1.807) is 13.3 Å². The summed E-state index contributed by atoms with van der Waals surface area (Å²) in [6.45, 7) is 6.30. The van der Waals surface area contributed by atoms with Crippen molar-refractivity contribution in [1.29, 1.82) is 0 Å². The maximum atomic E-state index is 12.7. The standard InChI is InChI=1S/C26H32N4O2/c1-19-16-21(17-23-6-4-5-7-25(23)32-3)18-24(28-19)22-9-13-29(14-10-22)26(31)11-15-30-20(2)8-12-27-30/h4-8,12,16,18,22H,9-11,13-15,17H2,1-3H3. The number of rotatable bonds is 7. The molecular weight excluding hydrogens is 400 g/mol. The maximum absolute atomic E-state index is 12.7. The second-order valence-electron chi connectivity index (χ2n) is 8.63. The first-order valence-electron chi connectivity index (χ1n) is 11.4. The average molecular weight is 433 g/mol. The molecule has 3 aromatic rings. The molecule has 0 aliphatic carbocycles. The first kappa shape index (κ1) is 22.1. The fourth-order valence-electron chi connectivity index (χ4n) is 4.57. The Bertz CT molecular complexity index is 1070. The summed E-state index contributed by atoms with van der Waals surface area (Å²) in [5.41, 5.74) is 5.71. The molecule has 0 radical (unpaired) electrons. The topological polar surface area (TPSA) is 60.2 Å². The van der Waals surface area contributed by atoms with E-state index in [4.69, 9.17) is 9.72 Å². The van der Waals surface area contributed by atoms with Gasteiger partial charge in [-0.3, -0.25) is 14.5 Å². The Morgan fingerprint density at radius 3 is 2.62 bits per heavy atom. The Morgan fingerprint density at radius 2 is 1.91 bits per heavy atom.